The smallest absolute Gasteiger partial charge is 0.179 e. The number of para-hydroxylation sites is 3. The summed E-state index contributed by atoms with van der Waals surface area (Å²) in [6, 6.07) is 1.32. The first kappa shape index (κ1) is 19.3. The monoisotopic (exact) mass is 874 g/mol. The summed E-state index contributed by atoms with van der Waals surface area (Å²) in [4.78, 5) is 0. The molecule has 0 saturated heterocycles. The minimum Gasteiger partial charge on any atom is -0.309 e. The Morgan fingerprint density at radius 3 is 1.75 bits per heavy atom. The van der Waals surface area contributed by atoms with Crippen LogP contribution in [0.15, 0.2) is 242 Å². The minimum atomic E-state index is -5.67. The third kappa shape index (κ3) is 5.43. The van der Waals surface area contributed by atoms with Crippen molar-refractivity contribution in [2.75, 3.05) is 0 Å². The normalized spacial score (nSPS) is 18.5. The molecule has 13 aromatic rings. The number of hydrogen-bond acceptors (Lipinski definition) is 1. The van der Waals surface area contributed by atoms with Crippen LogP contribution in [0.25, 0.3) is 86.3 Å². The Kier molecular flexibility index (Phi) is 4.43. The molecule has 0 bridgehead atoms. The number of rotatable bonds is 7. The molecule has 0 aliphatic carbocycles. The van der Waals surface area contributed by atoms with Crippen LogP contribution in [0, 0.1) is 0 Å². The van der Waals surface area contributed by atoms with Gasteiger partial charge in [0, 0.05) is 42.7 Å². The van der Waals surface area contributed by atoms with Gasteiger partial charge in [-0.25, -0.2) is 0 Å². The first-order valence-electron chi connectivity index (χ1n) is 32.9. The summed E-state index contributed by atoms with van der Waals surface area (Å²) in [6.45, 7) is 0. The summed E-state index contributed by atoms with van der Waals surface area (Å²) in [7, 11) is -5.67. The van der Waals surface area contributed by atoms with Crippen LogP contribution < -0.4 is 20.7 Å². The van der Waals surface area contributed by atoms with Gasteiger partial charge in [-0.1, -0.05) is 200 Å². The van der Waals surface area contributed by atoms with E-state index >= 15 is 0 Å². The van der Waals surface area contributed by atoms with Crippen LogP contribution in [-0.4, -0.2) is 17.2 Å². The zero-order chi connectivity index (χ0) is 64.8. The molecule has 0 aliphatic heterocycles. The second-order valence-electron chi connectivity index (χ2n) is 14.8. The van der Waals surface area contributed by atoms with Crippen LogP contribution in [0.5, 0.6) is 0 Å². The van der Waals surface area contributed by atoms with Gasteiger partial charge in [0.2, 0.25) is 0 Å². The van der Waals surface area contributed by atoms with Crippen LogP contribution >= 0.6 is 11.3 Å². The molecule has 0 radical (unpaired) electrons. The Bertz CT molecular complexity index is 5300. The van der Waals surface area contributed by atoms with Crippen molar-refractivity contribution in [1.29, 1.82) is 0 Å². The molecule has 0 amide bonds. The third-order valence-electron chi connectivity index (χ3n) is 11.6. The molecule has 0 fully saturated rings. The van der Waals surface area contributed by atoms with Gasteiger partial charge in [0.1, 0.15) is 0 Å². The number of fused-ring (bicyclic) bond motifs is 10. The molecule has 10 aromatic carbocycles. The van der Waals surface area contributed by atoms with Gasteiger partial charge < -0.3 is 9.13 Å². The van der Waals surface area contributed by atoms with E-state index in [2.05, 4.69) is 0 Å². The summed E-state index contributed by atoms with van der Waals surface area (Å²) in [5, 5.41) is -0.862. The van der Waals surface area contributed by atoms with Crippen LogP contribution in [0.4, 0.5) is 0 Å². The van der Waals surface area contributed by atoms with E-state index in [0.717, 1.165) is 0 Å². The van der Waals surface area contributed by atoms with E-state index in [1.165, 1.54) is 50.8 Å². The Morgan fingerprint density at radius 1 is 0.406 bits per heavy atom. The van der Waals surface area contributed by atoms with Crippen LogP contribution in [0.2, 0.25) is 0 Å². The van der Waals surface area contributed by atoms with Gasteiger partial charge in [0.25, 0.3) is 0 Å². The van der Waals surface area contributed by atoms with Crippen LogP contribution in [0.3, 0.4) is 0 Å². The SMILES string of the molecule is [2H]c1c([2H])c([2H])c(-c2c([2H])c([2H])c([2H])c([Si](c3ccccc3)(c3c([2H])c([2H])c([2H])c([2H])c3[2H])c3c([2H])c([2H])c(-n4c5ccccc5c5cc(-n6c7c([2H])c([2H])c([2H])c([2H])c7c7c([2H])c([2H])c([2H])c([2H])c76)c6sc7ccccc7c6c54)c([2H])c3[2H])c2[2H])c([2H])c1[2H]. The van der Waals surface area contributed by atoms with Crippen molar-refractivity contribution < 1.29 is 35.6 Å². The number of aromatic nitrogens is 2. The second kappa shape index (κ2) is 14.7. The van der Waals surface area contributed by atoms with E-state index in [9.17, 15) is 19.2 Å². The Hall–Kier alpha value is -7.76. The third-order valence-corrected chi connectivity index (χ3v) is 17.0. The second-order valence-corrected chi connectivity index (χ2v) is 19.4. The van der Waals surface area contributed by atoms with E-state index in [-0.39, 0.29) is 43.7 Å². The van der Waals surface area contributed by atoms with Crippen LogP contribution in [-0.2, 0) is 0 Å². The molecule has 1 unspecified atom stereocenters. The molecule has 1 atom stereocenters. The van der Waals surface area contributed by atoms with Gasteiger partial charge in [-0.3, -0.25) is 0 Å². The van der Waals surface area contributed by atoms with Gasteiger partial charge in [0.05, 0.1) is 68.1 Å². The zero-order valence-electron chi connectivity index (χ0n) is 58.9. The maximum absolute atomic E-state index is 10.5. The van der Waals surface area contributed by atoms with Crippen molar-refractivity contribution in [3.05, 3.63) is 242 Å². The largest absolute Gasteiger partial charge is 0.309 e. The Labute approximate surface area is 412 Å². The number of nitrogens with zero attached hydrogens (tertiary/aromatic N) is 2. The van der Waals surface area contributed by atoms with Gasteiger partial charge >= 0.3 is 0 Å². The highest BCUT2D eigenvalue weighted by atomic mass is 32.1. The number of thiophene rings is 1. The molecule has 13 rings (SSSR count). The fraction of sp³-hybridized carbons (Fsp3) is 0. The van der Waals surface area contributed by atoms with Crippen molar-refractivity contribution in [2.45, 2.75) is 0 Å². The molecule has 0 saturated carbocycles. The zero-order valence-corrected chi connectivity index (χ0v) is 34.7. The molecule has 0 spiro atoms. The Morgan fingerprint density at radius 2 is 1.00 bits per heavy atom. The lowest BCUT2D eigenvalue weighted by Gasteiger charge is -2.35. The van der Waals surface area contributed by atoms with E-state index in [1.54, 1.807) is 48.5 Å². The minimum absolute atomic E-state index is 0.112. The van der Waals surface area contributed by atoms with Gasteiger partial charge in [-0.05, 0) is 74.2 Å². The highest BCUT2D eigenvalue weighted by Crippen LogP contribution is 2.47. The fourth-order valence-corrected chi connectivity index (χ4v) is 14.0. The van der Waals surface area contributed by atoms with E-state index < -0.39 is 198 Å². The molecule has 2 nitrogen and oxygen atoms in total. The maximum atomic E-state index is 10.5. The van der Waals surface area contributed by atoms with Crippen molar-refractivity contribution in [1.82, 2.24) is 9.13 Å². The maximum Gasteiger partial charge on any atom is 0.179 e. The van der Waals surface area contributed by atoms with Crippen LogP contribution in [0.1, 0.15) is 35.6 Å². The summed E-state index contributed by atoms with van der Waals surface area (Å²) in [5.41, 5.74) is -1.55. The fourth-order valence-electron chi connectivity index (χ4n) is 8.95. The molecular weight excluding hydrogens is 809 g/mol. The summed E-state index contributed by atoms with van der Waals surface area (Å²) in [6.07, 6.45) is 0. The molecule has 3 aromatic heterocycles. The average molecular weight is 875 g/mol. The molecular formula is C60H40N2SSi. The number of hydrogen-bond donors (Lipinski definition) is 0. The molecule has 4 heteroatoms. The average Bonchev–Trinajstić information content (AvgIpc) is 1.12. The number of benzene rings is 10. The van der Waals surface area contributed by atoms with E-state index in [1.807, 2.05) is 6.07 Å². The van der Waals surface area contributed by atoms with E-state index in [0.29, 0.717) is 30.9 Å². The van der Waals surface area contributed by atoms with Gasteiger partial charge in [0.15, 0.2) is 8.07 Å². The molecule has 0 aliphatic rings. The lowest BCUT2D eigenvalue weighted by molar-refractivity contribution is 1.18. The molecule has 0 N–H and O–H groups in total. The predicted octanol–water partition coefficient (Wildman–Crippen LogP) is 13.3. The predicted molar refractivity (Wildman–Crippen MR) is 277 cm³/mol. The highest BCUT2D eigenvalue weighted by molar-refractivity contribution is 7.26. The molecule has 64 heavy (non-hydrogen) atoms. The standard InChI is InChI=1S/C60H40N2SSi/c1-4-19-41(20-5-1)42-21-18-26-47(39-42)64(44-22-6-2-7-23-44,45-24-8-3-9-25-45)46-37-35-43(36-38-46)61-53-31-14-12-29-50(53)52-40-56(60-58(59(52)61)51-30-13-17-34-57(51)63-60)62-54-32-15-10-27-48(54)49-28-11-16-33-55(49)62/h1-40H/i1D,2D,4D,5D,6D,7D,10D,11D,15D,16D,18D,19D,20D,21D,22D,23D,26D,27D,28D,32D,33D,35D,36D,37D,38D,39D. The Balaban J connectivity index is 1.23. The van der Waals surface area contributed by atoms with Crippen molar-refractivity contribution in [2.24, 2.45) is 0 Å². The van der Waals surface area contributed by atoms with Crippen molar-refractivity contribution in [3.63, 3.8) is 0 Å². The van der Waals surface area contributed by atoms with Gasteiger partial charge in [-0.15, -0.1) is 11.3 Å². The van der Waals surface area contributed by atoms with E-state index in [4.69, 9.17) is 16.4 Å². The lowest BCUT2D eigenvalue weighted by atomic mass is 10.1. The summed E-state index contributed by atoms with van der Waals surface area (Å²) < 4.78 is 247. The summed E-state index contributed by atoms with van der Waals surface area (Å²) >= 11 is 1.22. The highest BCUT2D eigenvalue weighted by Gasteiger charge is 2.41. The van der Waals surface area contributed by atoms with Crippen molar-refractivity contribution in [3.8, 4) is 22.5 Å². The molecule has 3 heterocycles. The molecule has 300 valence electrons. The summed E-state index contributed by atoms with van der Waals surface area (Å²) in [5.74, 6) is 0. The first-order chi connectivity index (χ1) is 42.6. The van der Waals surface area contributed by atoms with Crippen molar-refractivity contribution >= 4 is 104 Å². The lowest BCUT2D eigenvalue weighted by Crippen LogP contribution is -2.74. The topological polar surface area (TPSA) is 9.86 Å². The first-order valence-corrected chi connectivity index (χ1v) is 22.7. The quantitative estimate of drug-likeness (QED) is 0.112. The van der Waals surface area contributed by atoms with Gasteiger partial charge in [-0.2, -0.15) is 0 Å².